The number of carbonyl (C=O) groups excluding carboxylic acids is 1. The van der Waals surface area contributed by atoms with Crippen LogP contribution in [0.15, 0.2) is 60.8 Å². The van der Waals surface area contributed by atoms with Gasteiger partial charge in [0, 0.05) is 22.8 Å². The van der Waals surface area contributed by atoms with Gasteiger partial charge in [0.1, 0.15) is 29.8 Å². The van der Waals surface area contributed by atoms with Gasteiger partial charge in [-0.25, -0.2) is 13.8 Å². The first-order valence-corrected chi connectivity index (χ1v) is 8.45. The first-order valence-electron chi connectivity index (χ1n) is 8.07. The molecule has 3 aromatic rings. The van der Waals surface area contributed by atoms with E-state index in [1.54, 1.807) is 18.2 Å². The smallest absolute Gasteiger partial charge is 0.230 e. The Labute approximate surface area is 159 Å². The second-order valence-electron chi connectivity index (χ2n) is 5.72. The van der Waals surface area contributed by atoms with E-state index in [-0.39, 0.29) is 11.4 Å². The topological polar surface area (TPSA) is 51.2 Å². The number of hydrogen-bond donors (Lipinski definition) is 1. The minimum atomic E-state index is -0.766. The Morgan fingerprint density at radius 1 is 1.07 bits per heavy atom. The predicted octanol–water partition coefficient (Wildman–Crippen LogP) is 4.77. The number of anilines is 1. The van der Waals surface area contributed by atoms with E-state index in [1.165, 1.54) is 18.3 Å². The van der Waals surface area contributed by atoms with Crippen molar-refractivity contribution in [2.24, 2.45) is 0 Å². The van der Waals surface area contributed by atoms with Crippen LogP contribution in [0.4, 0.5) is 14.6 Å². The molecule has 138 valence electrons. The minimum absolute atomic E-state index is 0.227. The molecule has 1 N–H and O–H groups in total. The zero-order valence-electron chi connectivity index (χ0n) is 14.1. The quantitative estimate of drug-likeness (QED) is 0.661. The standard InChI is InChI=1S/C20H15ClF2N2O2/c21-14-6-4-13(5-7-14)12-27-15-8-9-24-19(10-15)25-20(26)11-16-17(22)2-1-3-18(16)23/h1-10H,11-12H2,(H,24,25,26). The van der Waals surface area contributed by atoms with Crippen molar-refractivity contribution >= 4 is 23.3 Å². The predicted molar refractivity (Wildman–Crippen MR) is 98.7 cm³/mol. The minimum Gasteiger partial charge on any atom is -0.489 e. The summed E-state index contributed by atoms with van der Waals surface area (Å²) >= 11 is 5.84. The molecule has 1 heterocycles. The van der Waals surface area contributed by atoms with Crippen molar-refractivity contribution in [2.45, 2.75) is 13.0 Å². The molecule has 0 saturated heterocycles. The van der Waals surface area contributed by atoms with Gasteiger partial charge >= 0.3 is 0 Å². The van der Waals surface area contributed by atoms with Gasteiger partial charge in [0.2, 0.25) is 5.91 Å². The molecule has 4 nitrogen and oxygen atoms in total. The van der Waals surface area contributed by atoms with Gasteiger partial charge in [-0.3, -0.25) is 4.79 Å². The summed E-state index contributed by atoms with van der Waals surface area (Å²) in [7, 11) is 0. The average Bonchev–Trinajstić information content (AvgIpc) is 2.65. The van der Waals surface area contributed by atoms with Gasteiger partial charge in [-0.15, -0.1) is 0 Å². The molecule has 7 heteroatoms. The number of halogens is 3. The van der Waals surface area contributed by atoms with Crippen LogP contribution in [0.3, 0.4) is 0 Å². The van der Waals surface area contributed by atoms with Crippen LogP contribution in [0.5, 0.6) is 5.75 Å². The van der Waals surface area contributed by atoms with Gasteiger partial charge in [0.05, 0.1) is 6.42 Å². The maximum Gasteiger partial charge on any atom is 0.230 e. The van der Waals surface area contributed by atoms with Crippen LogP contribution in [0.1, 0.15) is 11.1 Å². The highest BCUT2D eigenvalue weighted by molar-refractivity contribution is 6.30. The second kappa shape index (κ2) is 8.60. The highest BCUT2D eigenvalue weighted by atomic mass is 35.5. The number of pyridine rings is 1. The second-order valence-corrected chi connectivity index (χ2v) is 6.15. The molecule has 0 radical (unpaired) electrons. The lowest BCUT2D eigenvalue weighted by atomic mass is 10.1. The molecule has 0 aliphatic heterocycles. The number of nitrogens with zero attached hydrogens (tertiary/aromatic N) is 1. The van der Waals surface area contributed by atoms with Crippen molar-refractivity contribution in [3.63, 3.8) is 0 Å². The third kappa shape index (κ3) is 5.24. The SMILES string of the molecule is O=C(Cc1c(F)cccc1F)Nc1cc(OCc2ccc(Cl)cc2)ccn1. The summed E-state index contributed by atoms with van der Waals surface area (Å²) < 4.78 is 32.9. The van der Waals surface area contributed by atoms with Crippen molar-refractivity contribution in [2.75, 3.05) is 5.32 Å². The maximum atomic E-state index is 13.6. The van der Waals surface area contributed by atoms with E-state index in [0.29, 0.717) is 17.4 Å². The van der Waals surface area contributed by atoms with Gasteiger partial charge in [-0.05, 0) is 35.9 Å². The van der Waals surface area contributed by atoms with Gasteiger partial charge in [0.15, 0.2) is 0 Å². The number of carbonyl (C=O) groups is 1. The van der Waals surface area contributed by atoms with Crippen LogP contribution in [0.2, 0.25) is 5.02 Å². The molecule has 1 aromatic heterocycles. The van der Waals surface area contributed by atoms with E-state index in [0.717, 1.165) is 17.7 Å². The van der Waals surface area contributed by atoms with Crippen molar-refractivity contribution < 1.29 is 18.3 Å². The zero-order valence-corrected chi connectivity index (χ0v) is 14.8. The van der Waals surface area contributed by atoms with Gasteiger partial charge < -0.3 is 10.1 Å². The Bertz CT molecular complexity index is 929. The molecule has 0 bridgehead atoms. The van der Waals surface area contributed by atoms with Crippen LogP contribution in [-0.4, -0.2) is 10.9 Å². The maximum absolute atomic E-state index is 13.6. The highest BCUT2D eigenvalue weighted by Gasteiger charge is 2.13. The van der Waals surface area contributed by atoms with E-state index < -0.39 is 24.0 Å². The Morgan fingerprint density at radius 3 is 2.48 bits per heavy atom. The Morgan fingerprint density at radius 2 is 1.78 bits per heavy atom. The highest BCUT2D eigenvalue weighted by Crippen LogP contribution is 2.18. The lowest BCUT2D eigenvalue weighted by Gasteiger charge is -2.09. The van der Waals surface area contributed by atoms with E-state index in [2.05, 4.69) is 10.3 Å². The first-order chi connectivity index (χ1) is 13.0. The molecule has 1 amide bonds. The van der Waals surface area contributed by atoms with Crippen molar-refractivity contribution in [1.82, 2.24) is 4.98 Å². The molecule has 0 saturated carbocycles. The molecule has 0 spiro atoms. The van der Waals surface area contributed by atoms with Crippen molar-refractivity contribution in [3.05, 3.63) is 88.6 Å². The van der Waals surface area contributed by atoms with Crippen LogP contribution < -0.4 is 10.1 Å². The van der Waals surface area contributed by atoms with Crippen LogP contribution in [0, 0.1) is 11.6 Å². The fourth-order valence-corrected chi connectivity index (χ4v) is 2.49. The lowest BCUT2D eigenvalue weighted by Crippen LogP contribution is -2.17. The Balaban J connectivity index is 1.61. The number of hydrogen-bond acceptors (Lipinski definition) is 3. The molecular formula is C20H15ClF2N2O2. The fourth-order valence-electron chi connectivity index (χ4n) is 2.37. The normalized spacial score (nSPS) is 10.5. The summed E-state index contributed by atoms with van der Waals surface area (Å²) in [5, 5.41) is 3.15. The van der Waals surface area contributed by atoms with E-state index >= 15 is 0 Å². The van der Waals surface area contributed by atoms with Gasteiger partial charge in [-0.2, -0.15) is 0 Å². The fraction of sp³-hybridized carbons (Fsp3) is 0.100. The lowest BCUT2D eigenvalue weighted by molar-refractivity contribution is -0.115. The molecule has 0 aliphatic carbocycles. The largest absolute Gasteiger partial charge is 0.489 e. The zero-order chi connectivity index (χ0) is 19.2. The summed E-state index contributed by atoms with van der Waals surface area (Å²) in [5.41, 5.74) is 0.641. The summed E-state index contributed by atoms with van der Waals surface area (Å²) in [6.07, 6.45) is 1.03. The van der Waals surface area contributed by atoms with Crippen molar-refractivity contribution in [3.8, 4) is 5.75 Å². The summed E-state index contributed by atoms with van der Waals surface area (Å²) in [5.74, 6) is -1.39. The summed E-state index contributed by atoms with van der Waals surface area (Å²) in [4.78, 5) is 16.1. The van der Waals surface area contributed by atoms with Crippen LogP contribution in [-0.2, 0) is 17.8 Å². The summed E-state index contributed by atoms with van der Waals surface area (Å²) in [6, 6.07) is 13.8. The van der Waals surface area contributed by atoms with Gasteiger partial charge in [0.25, 0.3) is 0 Å². The Hall–Kier alpha value is -2.99. The Kier molecular flexibility index (Phi) is 5.98. The number of aromatic nitrogens is 1. The number of rotatable bonds is 6. The first kappa shape index (κ1) is 18.8. The molecule has 27 heavy (non-hydrogen) atoms. The molecule has 0 atom stereocenters. The average molecular weight is 389 g/mol. The number of amides is 1. The third-order valence-corrected chi connectivity index (χ3v) is 3.97. The number of ether oxygens (including phenoxy) is 1. The number of nitrogens with one attached hydrogen (secondary N) is 1. The number of benzene rings is 2. The van der Waals surface area contributed by atoms with Gasteiger partial charge in [-0.1, -0.05) is 29.8 Å². The molecule has 0 unspecified atom stereocenters. The van der Waals surface area contributed by atoms with E-state index in [4.69, 9.17) is 16.3 Å². The molecule has 3 rings (SSSR count). The van der Waals surface area contributed by atoms with Crippen LogP contribution >= 0.6 is 11.6 Å². The molecular weight excluding hydrogens is 374 g/mol. The van der Waals surface area contributed by atoms with Crippen LogP contribution in [0.25, 0.3) is 0 Å². The van der Waals surface area contributed by atoms with E-state index in [1.807, 2.05) is 12.1 Å². The molecule has 2 aromatic carbocycles. The van der Waals surface area contributed by atoms with Crippen molar-refractivity contribution in [1.29, 1.82) is 0 Å². The molecule has 0 aliphatic rings. The summed E-state index contributed by atoms with van der Waals surface area (Å²) in [6.45, 7) is 0.314. The third-order valence-electron chi connectivity index (χ3n) is 3.72. The van der Waals surface area contributed by atoms with E-state index in [9.17, 15) is 13.6 Å². The monoisotopic (exact) mass is 388 g/mol. The molecule has 0 fully saturated rings.